The lowest BCUT2D eigenvalue weighted by Gasteiger charge is -2.34. The predicted molar refractivity (Wildman–Crippen MR) is 73.1 cm³/mol. The second-order valence-electron chi connectivity index (χ2n) is 5.04. The Morgan fingerprint density at radius 1 is 1.32 bits per heavy atom. The van der Waals surface area contributed by atoms with Crippen LogP contribution in [-0.4, -0.2) is 40.7 Å². The van der Waals surface area contributed by atoms with Crippen LogP contribution < -0.4 is 0 Å². The third kappa shape index (κ3) is 3.75. The number of nitro groups is 1. The van der Waals surface area contributed by atoms with Crippen molar-refractivity contribution in [3.05, 3.63) is 39.9 Å². The first-order valence-corrected chi connectivity index (χ1v) is 6.79. The first kappa shape index (κ1) is 14.0. The van der Waals surface area contributed by atoms with E-state index in [9.17, 15) is 15.2 Å². The molecule has 0 amide bonds. The molecule has 1 saturated heterocycles. The van der Waals surface area contributed by atoms with Gasteiger partial charge in [0.25, 0.3) is 5.69 Å². The highest BCUT2D eigenvalue weighted by atomic mass is 16.6. The number of hydrogen-bond acceptors (Lipinski definition) is 4. The highest BCUT2D eigenvalue weighted by molar-refractivity contribution is 5.32. The fraction of sp³-hybridized carbons (Fsp3) is 0.571. The van der Waals surface area contributed by atoms with Gasteiger partial charge in [-0.3, -0.25) is 15.0 Å². The maximum absolute atomic E-state index is 10.6. The van der Waals surface area contributed by atoms with Crippen LogP contribution in [-0.2, 0) is 6.42 Å². The minimum atomic E-state index is -0.379. The van der Waals surface area contributed by atoms with Crippen LogP contribution >= 0.6 is 0 Å². The molecule has 1 aliphatic rings. The molecular weight excluding hydrogens is 244 g/mol. The van der Waals surface area contributed by atoms with E-state index in [1.807, 2.05) is 12.1 Å². The monoisotopic (exact) mass is 264 g/mol. The average Bonchev–Trinajstić information content (AvgIpc) is 2.45. The minimum absolute atomic E-state index is 0.134. The van der Waals surface area contributed by atoms with Gasteiger partial charge in [0.2, 0.25) is 0 Å². The summed E-state index contributed by atoms with van der Waals surface area (Å²) >= 11 is 0. The van der Waals surface area contributed by atoms with Gasteiger partial charge in [0.05, 0.1) is 11.5 Å². The topological polar surface area (TPSA) is 66.6 Å². The lowest BCUT2D eigenvalue weighted by atomic mass is 10.0. The fourth-order valence-corrected chi connectivity index (χ4v) is 2.62. The van der Waals surface area contributed by atoms with Gasteiger partial charge in [0, 0.05) is 24.7 Å². The van der Waals surface area contributed by atoms with Crippen molar-refractivity contribution in [2.75, 3.05) is 19.7 Å². The van der Waals surface area contributed by atoms with E-state index in [0.717, 1.165) is 31.5 Å². The molecule has 0 aliphatic carbocycles. The SMILES string of the molecule is O=[N+]([O-])c1ccc(CCN2CCCC[C@@H]2CO)cc1. The highest BCUT2D eigenvalue weighted by Crippen LogP contribution is 2.18. The number of piperidine rings is 1. The zero-order valence-corrected chi connectivity index (χ0v) is 11.0. The van der Waals surface area contributed by atoms with E-state index in [4.69, 9.17) is 0 Å². The Hall–Kier alpha value is -1.46. The summed E-state index contributed by atoms with van der Waals surface area (Å²) in [5.74, 6) is 0. The van der Waals surface area contributed by atoms with Crippen LogP contribution in [0, 0.1) is 10.1 Å². The van der Waals surface area contributed by atoms with E-state index in [2.05, 4.69) is 4.90 Å². The summed E-state index contributed by atoms with van der Waals surface area (Å²) in [4.78, 5) is 12.5. The quantitative estimate of drug-likeness (QED) is 0.652. The number of aliphatic hydroxyl groups is 1. The summed E-state index contributed by atoms with van der Waals surface area (Å²) in [6.07, 6.45) is 4.32. The van der Waals surface area contributed by atoms with E-state index in [-0.39, 0.29) is 23.3 Å². The Morgan fingerprint density at radius 2 is 2.05 bits per heavy atom. The van der Waals surface area contributed by atoms with Gasteiger partial charge >= 0.3 is 0 Å². The van der Waals surface area contributed by atoms with Crippen LogP contribution in [0.3, 0.4) is 0 Å². The zero-order valence-electron chi connectivity index (χ0n) is 11.0. The number of likely N-dealkylation sites (tertiary alicyclic amines) is 1. The van der Waals surface area contributed by atoms with Gasteiger partial charge in [-0.25, -0.2) is 0 Å². The standard InChI is InChI=1S/C14H20N2O3/c17-11-14-3-1-2-9-15(14)10-8-12-4-6-13(7-5-12)16(18)19/h4-7,14,17H,1-3,8-11H2/t14-/m1/s1. The Kier molecular flexibility index (Phi) is 4.87. The molecule has 19 heavy (non-hydrogen) atoms. The lowest BCUT2D eigenvalue weighted by molar-refractivity contribution is -0.384. The third-order valence-electron chi connectivity index (χ3n) is 3.79. The molecular formula is C14H20N2O3. The molecule has 1 aliphatic heterocycles. The maximum Gasteiger partial charge on any atom is 0.269 e. The van der Waals surface area contributed by atoms with Gasteiger partial charge in [-0.05, 0) is 31.4 Å². The molecule has 1 atom stereocenters. The van der Waals surface area contributed by atoms with Crippen molar-refractivity contribution < 1.29 is 10.0 Å². The van der Waals surface area contributed by atoms with E-state index in [1.165, 1.54) is 12.8 Å². The molecule has 0 radical (unpaired) electrons. The van der Waals surface area contributed by atoms with Crippen molar-refractivity contribution in [3.63, 3.8) is 0 Å². The van der Waals surface area contributed by atoms with Crippen molar-refractivity contribution in [2.45, 2.75) is 31.7 Å². The van der Waals surface area contributed by atoms with Gasteiger partial charge in [0.1, 0.15) is 0 Å². The molecule has 1 heterocycles. The smallest absolute Gasteiger partial charge is 0.269 e. The predicted octanol–water partition coefficient (Wildman–Crippen LogP) is 1.98. The molecule has 5 nitrogen and oxygen atoms in total. The molecule has 104 valence electrons. The van der Waals surface area contributed by atoms with Gasteiger partial charge < -0.3 is 5.11 Å². The van der Waals surface area contributed by atoms with Gasteiger partial charge in [-0.2, -0.15) is 0 Å². The van der Waals surface area contributed by atoms with Crippen molar-refractivity contribution in [2.24, 2.45) is 0 Å². The fourth-order valence-electron chi connectivity index (χ4n) is 2.62. The minimum Gasteiger partial charge on any atom is -0.395 e. The Labute approximate surface area is 113 Å². The Bertz CT molecular complexity index is 419. The number of benzene rings is 1. The number of non-ortho nitro benzene ring substituents is 1. The van der Waals surface area contributed by atoms with Gasteiger partial charge in [-0.1, -0.05) is 18.6 Å². The number of hydrogen-bond donors (Lipinski definition) is 1. The van der Waals surface area contributed by atoms with Crippen LogP contribution in [0.5, 0.6) is 0 Å². The van der Waals surface area contributed by atoms with E-state index < -0.39 is 0 Å². The molecule has 0 saturated carbocycles. The van der Waals surface area contributed by atoms with Gasteiger partial charge in [0.15, 0.2) is 0 Å². The van der Waals surface area contributed by atoms with Crippen LogP contribution in [0.1, 0.15) is 24.8 Å². The summed E-state index contributed by atoms with van der Waals surface area (Å²) in [7, 11) is 0. The Morgan fingerprint density at radius 3 is 2.68 bits per heavy atom. The molecule has 0 bridgehead atoms. The molecule has 1 aromatic rings. The second kappa shape index (κ2) is 6.63. The average molecular weight is 264 g/mol. The van der Waals surface area contributed by atoms with Crippen LogP contribution in [0.4, 0.5) is 5.69 Å². The van der Waals surface area contributed by atoms with Crippen LogP contribution in [0.15, 0.2) is 24.3 Å². The maximum atomic E-state index is 10.6. The van der Waals surface area contributed by atoms with E-state index in [1.54, 1.807) is 12.1 Å². The largest absolute Gasteiger partial charge is 0.395 e. The summed E-state index contributed by atoms with van der Waals surface area (Å²) < 4.78 is 0. The molecule has 1 fully saturated rings. The Balaban J connectivity index is 1.88. The highest BCUT2D eigenvalue weighted by Gasteiger charge is 2.20. The number of nitrogens with zero attached hydrogens (tertiary/aromatic N) is 2. The van der Waals surface area contributed by atoms with E-state index >= 15 is 0 Å². The van der Waals surface area contributed by atoms with Crippen molar-refractivity contribution >= 4 is 5.69 Å². The molecule has 1 aromatic carbocycles. The number of nitro benzene ring substituents is 1. The second-order valence-corrected chi connectivity index (χ2v) is 5.04. The molecule has 2 rings (SSSR count). The van der Waals surface area contributed by atoms with Crippen LogP contribution in [0.25, 0.3) is 0 Å². The normalized spacial score (nSPS) is 20.4. The molecule has 0 unspecified atom stereocenters. The molecule has 0 spiro atoms. The molecule has 5 heteroatoms. The van der Waals surface area contributed by atoms with Crippen molar-refractivity contribution in [1.29, 1.82) is 0 Å². The van der Waals surface area contributed by atoms with Crippen LogP contribution in [0.2, 0.25) is 0 Å². The van der Waals surface area contributed by atoms with Gasteiger partial charge in [-0.15, -0.1) is 0 Å². The third-order valence-corrected chi connectivity index (χ3v) is 3.79. The van der Waals surface area contributed by atoms with E-state index in [0.29, 0.717) is 0 Å². The van der Waals surface area contributed by atoms with Crippen molar-refractivity contribution in [1.82, 2.24) is 4.90 Å². The number of aliphatic hydroxyl groups excluding tert-OH is 1. The summed E-state index contributed by atoms with van der Waals surface area (Å²) in [6.45, 7) is 2.17. The molecule has 0 aromatic heterocycles. The molecule has 1 N–H and O–H groups in total. The lowest BCUT2D eigenvalue weighted by Crippen LogP contribution is -2.42. The first-order chi connectivity index (χ1) is 9.20. The summed E-state index contributed by atoms with van der Waals surface area (Å²) in [5, 5.41) is 19.9. The van der Waals surface area contributed by atoms with Crippen molar-refractivity contribution in [3.8, 4) is 0 Å². The zero-order chi connectivity index (χ0) is 13.7. The first-order valence-electron chi connectivity index (χ1n) is 6.79. The summed E-state index contributed by atoms with van der Waals surface area (Å²) in [5.41, 5.74) is 1.24. The summed E-state index contributed by atoms with van der Waals surface area (Å²) in [6, 6.07) is 7.02. The number of rotatable bonds is 5.